The Morgan fingerprint density at radius 2 is 2.15 bits per heavy atom. The lowest BCUT2D eigenvalue weighted by Gasteiger charge is -2.18. The van der Waals surface area contributed by atoms with Crippen molar-refractivity contribution >= 4 is 11.6 Å². The van der Waals surface area contributed by atoms with E-state index in [1.54, 1.807) is 0 Å². The van der Waals surface area contributed by atoms with Crippen molar-refractivity contribution in [3.63, 3.8) is 0 Å². The highest BCUT2D eigenvalue weighted by molar-refractivity contribution is 5.46. The molecule has 1 aliphatic heterocycles. The lowest BCUT2D eigenvalue weighted by Crippen LogP contribution is -2.23. The number of hydrazine groups is 1. The molecule has 0 aromatic carbocycles. The standard InChI is InChI=1S/C14H25N5O/c1-3-5-12-17-13(8-14(18-12)19-15)16-9-10-6-7-20-11(10)4-2/h8,10-11H,3-7,9,15H2,1-2H3,(H2,16,17,18,19). The molecule has 2 unspecified atom stereocenters. The Balaban J connectivity index is 1.99. The van der Waals surface area contributed by atoms with Crippen LogP contribution in [0.5, 0.6) is 0 Å². The van der Waals surface area contributed by atoms with Crippen LogP contribution >= 0.6 is 0 Å². The van der Waals surface area contributed by atoms with Gasteiger partial charge in [-0.2, -0.15) is 0 Å². The summed E-state index contributed by atoms with van der Waals surface area (Å²) in [6.07, 6.45) is 4.41. The van der Waals surface area contributed by atoms with E-state index in [0.29, 0.717) is 17.8 Å². The molecule has 2 rings (SSSR count). The van der Waals surface area contributed by atoms with E-state index in [1.807, 2.05) is 6.07 Å². The number of nitrogens with one attached hydrogen (secondary N) is 2. The molecule has 4 N–H and O–H groups in total. The molecule has 2 heterocycles. The van der Waals surface area contributed by atoms with E-state index in [1.165, 1.54) is 0 Å². The summed E-state index contributed by atoms with van der Waals surface area (Å²) in [6.45, 7) is 6.03. The van der Waals surface area contributed by atoms with Gasteiger partial charge in [-0.25, -0.2) is 15.8 Å². The van der Waals surface area contributed by atoms with E-state index in [9.17, 15) is 0 Å². The van der Waals surface area contributed by atoms with E-state index in [2.05, 4.69) is 34.6 Å². The molecule has 6 nitrogen and oxygen atoms in total. The van der Waals surface area contributed by atoms with Crippen LogP contribution in [0.3, 0.4) is 0 Å². The number of hydrogen-bond acceptors (Lipinski definition) is 6. The summed E-state index contributed by atoms with van der Waals surface area (Å²) >= 11 is 0. The fourth-order valence-corrected chi connectivity index (χ4v) is 2.61. The van der Waals surface area contributed by atoms with Gasteiger partial charge in [0.25, 0.3) is 0 Å². The molecule has 1 saturated heterocycles. The minimum Gasteiger partial charge on any atom is -0.378 e. The van der Waals surface area contributed by atoms with Crippen molar-refractivity contribution in [2.24, 2.45) is 11.8 Å². The molecule has 1 aromatic rings. The molecule has 1 aliphatic rings. The van der Waals surface area contributed by atoms with Crippen molar-refractivity contribution in [3.8, 4) is 0 Å². The molecule has 0 amide bonds. The van der Waals surface area contributed by atoms with Crippen LogP contribution in [-0.2, 0) is 11.2 Å². The maximum absolute atomic E-state index is 5.71. The van der Waals surface area contributed by atoms with Gasteiger partial charge < -0.3 is 15.5 Å². The van der Waals surface area contributed by atoms with Crippen LogP contribution in [0.15, 0.2) is 6.07 Å². The van der Waals surface area contributed by atoms with Gasteiger partial charge in [0, 0.05) is 31.6 Å². The number of nitrogens with zero attached hydrogens (tertiary/aromatic N) is 2. The predicted molar refractivity (Wildman–Crippen MR) is 80.5 cm³/mol. The third-order valence-electron chi connectivity index (χ3n) is 3.69. The van der Waals surface area contributed by atoms with Gasteiger partial charge >= 0.3 is 0 Å². The Morgan fingerprint density at radius 1 is 1.35 bits per heavy atom. The first-order valence-electron chi connectivity index (χ1n) is 7.46. The van der Waals surface area contributed by atoms with Gasteiger partial charge in [-0.05, 0) is 19.3 Å². The summed E-state index contributed by atoms with van der Waals surface area (Å²) in [5, 5.41) is 3.40. The minimum atomic E-state index is 0.367. The monoisotopic (exact) mass is 279 g/mol. The van der Waals surface area contributed by atoms with Crippen LogP contribution in [0.1, 0.15) is 38.9 Å². The highest BCUT2D eigenvalue weighted by Gasteiger charge is 2.26. The van der Waals surface area contributed by atoms with Crippen molar-refractivity contribution in [2.45, 2.75) is 45.6 Å². The lowest BCUT2D eigenvalue weighted by atomic mass is 10.00. The topological polar surface area (TPSA) is 85.1 Å². The molecule has 0 spiro atoms. The molecule has 2 atom stereocenters. The number of anilines is 2. The smallest absolute Gasteiger partial charge is 0.145 e. The van der Waals surface area contributed by atoms with Crippen LogP contribution in [0, 0.1) is 5.92 Å². The SMILES string of the molecule is CCCc1nc(NN)cc(NCC2CCOC2CC)n1. The van der Waals surface area contributed by atoms with Gasteiger partial charge in [0.05, 0.1) is 6.10 Å². The summed E-state index contributed by atoms with van der Waals surface area (Å²) in [4.78, 5) is 8.86. The Labute approximate surface area is 120 Å². The second kappa shape index (κ2) is 7.40. The van der Waals surface area contributed by atoms with Gasteiger partial charge in [-0.3, -0.25) is 0 Å². The zero-order valence-corrected chi connectivity index (χ0v) is 12.4. The van der Waals surface area contributed by atoms with Crippen LogP contribution in [0.4, 0.5) is 11.6 Å². The Bertz CT molecular complexity index is 426. The molecule has 0 bridgehead atoms. The van der Waals surface area contributed by atoms with Crippen LogP contribution in [-0.4, -0.2) is 29.2 Å². The molecule has 1 fully saturated rings. The van der Waals surface area contributed by atoms with Crippen LogP contribution < -0.4 is 16.6 Å². The van der Waals surface area contributed by atoms with Crippen LogP contribution in [0.2, 0.25) is 0 Å². The molecule has 6 heteroatoms. The molecule has 0 radical (unpaired) electrons. The summed E-state index contributed by atoms with van der Waals surface area (Å²) in [7, 11) is 0. The highest BCUT2D eigenvalue weighted by atomic mass is 16.5. The second-order valence-electron chi connectivity index (χ2n) is 5.20. The fraction of sp³-hybridized carbons (Fsp3) is 0.714. The van der Waals surface area contributed by atoms with E-state index in [0.717, 1.165) is 50.5 Å². The second-order valence-corrected chi connectivity index (χ2v) is 5.20. The van der Waals surface area contributed by atoms with Gasteiger partial charge in [-0.15, -0.1) is 0 Å². The Morgan fingerprint density at radius 3 is 2.85 bits per heavy atom. The lowest BCUT2D eigenvalue weighted by molar-refractivity contribution is 0.0900. The molecule has 112 valence electrons. The first-order valence-corrected chi connectivity index (χ1v) is 7.46. The molecule has 1 aromatic heterocycles. The third kappa shape index (κ3) is 3.80. The average Bonchev–Trinajstić information content (AvgIpc) is 2.92. The van der Waals surface area contributed by atoms with Crippen molar-refractivity contribution in [3.05, 3.63) is 11.9 Å². The molecular formula is C14H25N5O. The minimum absolute atomic E-state index is 0.367. The van der Waals surface area contributed by atoms with Gasteiger partial charge in [0.2, 0.25) is 0 Å². The van der Waals surface area contributed by atoms with E-state index in [4.69, 9.17) is 10.6 Å². The first-order chi connectivity index (χ1) is 9.76. The largest absolute Gasteiger partial charge is 0.378 e. The molecule has 0 saturated carbocycles. The van der Waals surface area contributed by atoms with E-state index < -0.39 is 0 Å². The maximum Gasteiger partial charge on any atom is 0.145 e. The number of aromatic nitrogens is 2. The summed E-state index contributed by atoms with van der Waals surface area (Å²) in [5.74, 6) is 8.32. The number of rotatable bonds is 7. The zero-order valence-electron chi connectivity index (χ0n) is 12.4. The van der Waals surface area contributed by atoms with Crippen molar-refractivity contribution < 1.29 is 4.74 Å². The molecule has 20 heavy (non-hydrogen) atoms. The van der Waals surface area contributed by atoms with E-state index >= 15 is 0 Å². The van der Waals surface area contributed by atoms with Crippen LogP contribution in [0.25, 0.3) is 0 Å². The molecule has 0 aliphatic carbocycles. The van der Waals surface area contributed by atoms with Gasteiger partial charge in [0.1, 0.15) is 17.5 Å². The van der Waals surface area contributed by atoms with E-state index in [-0.39, 0.29) is 0 Å². The maximum atomic E-state index is 5.71. The molecular weight excluding hydrogens is 254 g/mol. The summed E-state index contributed by atoms with van der Waals surface area (Å²) in [6, 6.07) is 1.84. The first kappa shape index (κ1) is 15.0. The number of nitrogen functional groups attached to an aromatic ring is 1. The summed E-state index contributed by atoms with van der Waals surface area (Å²) < 4.78 is 5.71. The van der Waals surface area contributed by atoms with Gasteiger partial charge in [-0.1, -0.05) is 13.8 Å². The number of hydrogen-bond donors (Lipinski definition) is 3. The number of nitrogens with two attached hydrogens (primary N) is 1. The third-order valence-corrected chi connectivity index (χ3v) is 3.69. The predicted octanol–water partition coefficient (Wildman–Crippen LogP) is 1.94. The summed E-state index contributed by atoms with van der Waals surface area (Å²) in [5.41, 5.74) is 2.60. The van der Waals surface area contributed by atoms with Crippen molar-refractivity contribution in [1.29, 1.82) is 0 Å². The Kier molecular flexibility index (Phi) is 5.55. The van der Waals surface area contributed by atoms with Gasteiger partial charge in [0.15, 0.2) is 0 Å². The Hall–Kier alpha value is -1.40. The quantitative estimate of drug-likeness (QED) is 0.522. The van der Waals surface area contributed by atoms with Crippen molar-refractivity contribution in [1.82, 2.24) is 9.97 Å². The highest BCUT2D eigenvalue weighted by Crippen LogP contribution is 2.24. The normalized spacial score (nSPS) is 21.9. The van der Waals surface area contributed by atoms with Crippen molar-refractivity contribution in [2.75, 3.05) is 23.9 Å². The fourth-order valence-electron chi connectivity index (χ4n) is 2.61. The zero-order chi connectivity index (χ0) is 14.4. The number of aryl methyl sites for hydroxylation is 1. The average molecular weight is 279 g/mol. The number of ether oxygens (including phenoxy) is 1.